The smallest absolute Gasteiger partial charge is 0.164 e. The van der Waals surface area contributed by atoms with Crippen molar-refractivity contribution in [3.05, 3.63) is 212 Å². The lowest BCUT2D eigenvalue weighted by Crippen LogP contribution is -2.01. The van der Waals surface area contributed by atoms with Crippen LogP contribution in [0.1, 0.15) is 0 Å². The summed E-state index contributed by atoms with van der Waals surface area (Å²) in [5.41, 5.74) is 10.8. The van der Waals surface area contributed by atoms with Gasteiger partial charge in [-0.05, 0) is 102 Å². The average Bonchev–Trinajstić information content (AvgIpc) is 3.73. The molecule has 0 bridgehead atoms. The first-order valence-electron chi connectivity index (χ1n) is 20.6. The lowest BCUT2D eigenvalue weighted by molar-refractivity contribution is 0.669. The van der Waals surface area contributed by atoms with Gasteiger partial charge in [-0.1, -0.05) is 176 Å². The number of fused-ring (bicyclic) bond motifs is 9. The largest absolute Gasteiger partial charge is 0.456 e. The van der Waals surface area contributed by atoms with Gasteiger partial charge in [0.2, 0.25) is 0 Å². The van der Waals surface area contributed by atoms with Crippen LogP contribution in [0.15, 0.2) is 217 Å². The van der Waals surface area contributed by atoms with Gasteiger partial charge in [-0.15, -0.1) is 0 Å². The lowest BCUT2D eigenvalue weighted by atomic mass is 9.91. The van der Waals surface area contributed by atoms with Crippen LogP contribution in [0.25, 0.3) is 122 Å². The Labute approximate surface area is 352 Å². The zero-order chi connectivity index (χ0) is 40.3. The van der Waals surface area contributed by atoms with Crippen molar-refractivity contribution >= 4 is 54.3 Å². The van der Waals surface area contributed by atoms with Gasteiger partial charge >= 0.3 is 0 Å². The molecule has 0 radical (unpaired) electrons. The van der Waals surface area contributed by atoms with Crippen molar-refractivity contribution in [2.24, 2.45) is 0 Å². The molecule has 0 saturated carbocycles. The number of benzene rings is 10. The number of aromatic nitrogens is 3. The fourth-order valence-corrected chi connectivity index (χ4v) is 8.98. The molecule has 4 heteroatoms. The summed E-state index contributed by atoms with van der Waals surface area (Å²) < 4.78 is 6.68. The molecule has 12 aromatic rings. The molecule has 2 aromatic heterocycles. The standard InChI is InChI=1S/C57H35N3O/c1-3-15-36(16-4-1)38-19-13-21-41(31-38)55-58-56(42-22-14-20-39(32-42)37-17-5-2-6-18-37)60-57(59-55)51-34-43(35-53-54(51)49-27-11-12-28-52(49)61-53)40-29-30-48-46-25-8-7-23-44(46)45-24-9-10-26-47(45)50(48)33-40/h1-35H. The molecule has 0 N–H and O–H groups in total. The Hall–Kier alpha value is -8.21. The van der Waals surface area contributed by atoms with Crippen molar-refractivity contribution in [2.75, 3.05) is 0 Å². The highest BCUT2D eigenvalue weighted by atomic mass is 16.3. The molecule has 0 atom stereocenters. The Bertz CT molecular complexity index is 3510. The topological polar surface area (TPSA) is 51.8 Å². The third-order valence-corrected chi connectivity index (χ3v) is 11.9. The molecule has 2 heterocycles. The molecule has 10 aromatic carbocycles. The highest BCUT2D eigenvalue weighted by Crippen LogP contribution is 2.42. The van der Waals surface area contributed by atoms with Gasteiger partial charge in [-0.3, -0.25) is 0 Å². The molecule has 284 valence electrons. The van der Waals surface area contributed by atoms with E-state index in [0.717, 1.165) is 72.0 Å². The van der Waals surface area contributed by atoms with Crippen LogP contribution in [-0.2, 0) is 0 Å². The highest BCUT2D eigenvalue weighted by molar-refractivity contribution is 6.26. The van der Waals surface area contributed by atoms with E-state index in [4.69, 9.17) is 19.4 Å². The first kappa shape index (κ1) is 34.8. The van der Waals surface area contributed by atoms with E-state index in [0.29, 0.717) is 17.5 Å². The van der Waals surface area contributed by atoms with Crippen LogP contribution in [0.3, 0.4) is 0 Å². The van der Waals surface area contributed by atoms with E-state index in [1.807, 2.05) is 24.3 Å². The van der Waals surface area contributed by atoms with Crippen LogP contribution in [0.4, 0.5) is 0 Å². The Morgan fingerprint density at radius 1 is 0.246 bits per heavy atom. The quantitative estimate of drug-likeness (QED) is 0.158. The van der Waals surface area contributed by atoms with Crippen LogP contribution in [0.5, 0.6) is 0 Å². The van der Waals surface area contributed by atoms with E-state index < -0.39 is 0 Å². The highest BCUT2D eigenvalue weighted by Gasteiger charge is 2.21. The fourth-order valence-electron chi connectivity index (χ4n) is 8.98. The third-order valence-electron chi connectivity index (χ3n) is 11.9. The predicted octanol–water partition coefficient (Wildman–Crippen LogP) is 15.2. The third kappa shape index (κ3) is 6.04. The minimum atomic E-state index is 0.575. The van der Waals surface area contributed by atoms with Gasteiger partial charge < -0.3 is 4.42 Å². The van der Waals surface area contributed by atoms with Gasteiger partial charge in [-0.25, -0.2) is 15.0 Å². The number of furan rings is 1. The summed E-state index contributed by atoms with van der Waals surface area (Å²) in [6, 6.07) is 74.6. The number of hydrogen-bond donors (Lipinski definition) is 0. The minimum absolute atomic E-state index is 0.575. The maximum atomic E-state index is 6.68. The molecular formula is C57H35N3O. The van der Waals surface area contributed by atoms with Crippen molar-refractivity contribution in [3.63, 3.8) is 0 Å². The monoisotopic (exact) mass is 777 g/mol. The van der Waals surface area contributed by atoms with E-state index >= 15 is 0 Å². The molecule has 0 aliphatic rings. The Morgan fingerprint density at radius 2 is 0.689 bits per heavy atom. The van der Waals surface area contributed by atoms with Gasteiger partial charge in [-0.2, -0.15) is 0 Å². The molecule has 4 nitrogen and oxygen atoms in total. The molecular weight excluding hydrogens is 743 g/mol. The zero-order valence-electron chi connectivity index (χ0n) is 33.0. The van der Waals surface area contributed by atoms with Gasteiger partial charge in [0.25, 0.3) is 0 Å². The van der Waals surface area contributed by atoms with E-state index in [2.05, 4.69) is 188 Å². The molecule has 0 aliphatic heterocycles. The molecule has 0 fully saturated rings. The number of hydrogen-bond acceptors (Lipinski definition) is 4. The predicted molar refractivity (Wildman–Crippen MR) is 252 cm³/mol. The zero-order valence-corrected chi connectivity index (χ0v) is 33.0. The van der Waals surface area contributed by atoms with Crippen molar-refractivity contribution in [1.82, 2.24) is 15.0 Å². The van der Waals surface area contributed by atoms with Gasteiger partial charge in [0.1, 0.15) is 11.2 Å². The van der Waals surface area contributed by atoms with Crippen molar-refractivity contribution < 1.29 is 4.42 Å². The average molecular weight is 778 g/mol. The number of rotatable bonds is 6. The van der Waals surface area contributed by atoms with Crippen LogP contribution in [-0.4, -0.2) is 15.0 Å². The second-order valence-electron chi connectivity index (χ2n) is 15.5. The summed E-state index contributed by atoms with van der Waals surface area (Å²) in [4.78, 5) is 15.9. The molecule has 12 rings (SSSR count). The molecule has 0 amide bonds. The summed E-state index contributed by atoms with van der Waals surface area (Å²) >= 11 is 0. The molecule has 0 saturated heterocycles. The van der Waals surface area contributed by atoms with Crippen LogP contribution >= 0.6 is 0 Å². The van der Waals surface area contributed by atoms with Gasteiger partial charge in [0.15, 0.2) is 17.5 Å². The van der Waals surface area contributed by atoms with Crippen LogP contribution in [0, 0.1) is 0 Å². The second-order valence-corrected chi connectivity index (χ2v) is 15.5. The summed E-state index contributed by atoms with van der Waals surface area (Å²) in [5.74, 6) is 1.77. The summed E-state index contributed by atoms with van der Waals surface area (Å²) in [7, 11) is 0. The second kappa shape index (κ2) is 14.3. The first-order chi connectivity index (χ1) is 30.2. The number of para-hydroxylation sites is 1. The maximum absolute atomic E-state index is 6.68. The van der Waals surface area contributed by atoms with Gasteiger partial charge in [0, 0.05) is 27.5 Å². The van der Waals surface area contributed by atoms with Crippen LogP contribution in [0.2, 0.25) is 0 Å². The molecule has 0 spiro atoms. The van der Waals surface area contributed by atoms with Crippen molar-refractivity contribution in [1.29, 1.82) is 0 Å². The Morgan fingerprint density at radius 3 is 1.28 bits per heavy atom. The molecule has 61 heavy (non-hydrogen) atoms. The van der Waals surface area contributed by atoms with E-state index in [-0.39, 0.29) is 0 Å². The Kier molecular flexibility index (Phi) is 8.13. The summed E-state index contributed by atoms with van der Waals surface area (Å²) in [6.45, 7) is 0. The van der Waals surface area contributed by atoms with E-state index in [9.17, 15) is 0 Å². The van der Waals surface area contributed by atoms with Crippen LogP contribution < -0.4 is 0 Å². The normalized spacial score (nSPS) is 11.6. The summed E-state index contributed by atoms with van der Waals surface area (Å²) in [5, 5.41) is 9.39. The SMILES string of the molecule is c1ccc(-c2cccc(-c3nc(-c4cccc(-c5ccccc5)c4)nc(-c4cc(-c5ccc6c7ccccc7c7ccccc7c6c5)cc5oc6ccccc6c45)n3)c2)cc1. The lowest BCUT2D eigenvalue weighted by Gasteiger charge is -2.14. The maximum Gasteiger partial charge on any atom is 0.164 e. The molecule has 0 aliphatic carbocycles. The van der Waals surface area contributed by atoms with E-state index in [1.54, 1.807) is 0 Å². The van der Waals surface area contributed by atoms with Crippen molar-refractivity contribution in [3.8, 4) is 67.5 Å². The minimum Gasteiger partial charge on any atom is -0.456 e. The van der Waals surface area contributed by atoms with Crippen molar-refractivity contribution in [2.45, 2.75) is 0 Å². The number of nitrogens with zero attached hydrogens (tertiary/aromatic N) is 3. The van der Waals surface area contributed by atoms with Gasteiger partial charge in [0.05, 0.1) is 0 Å². The molecule has 0 unspecified atom stereocenters. The first-order valence-corrected chi connectivity index (χ1v) is 20.6. The van der Waals surface area contributed by atoms with E-state index in [1.165, 1.54) is 32.3 Å². The Balaban J connectivity index is 1.11. The fraction of sp³-hybridized carbons (Fsp3) is 0. The summed E-state index contributed by atoms with van der Waals surface area (Å²) in [6.07, 6.45) is 0.